The molecule has 1 amide bonds. The molecule has 4 aromatic rings. The molecule has 6 N–H and O–H groups in total. The van der Waals surface area contributed by atoms with E-state index in [2.05, 4.69) is 32.2 Å². The van der Waals surface area contributed by atoms with Crippen LogP contribution in [0.25, 0.3) is 17.1 Å². The zero-order chi connectivity index (χ0) is 35.0. The number of aromatic hydroxyl groups is 1. The number of carbonyl (C=O) groups is 1. The van der Waals surface area contributed by atoms with Crippen LogP contribution in [0.15, 0.2) is 36.8 Å². The maximum Gasteiger partial charge on any atom is 0.362 e. The number of hydrogen-bond donors (Lipinski definition) is 5. The summed E-state index contributed by atoms with van der Waals surface area (Å²) in [6.07, 6.45) is 10.4. The van der Waals surface area contributed by atoms with E-state index in [0.717, 1.165) is 25.0 Å². The number of aryl methyl sites for hydroxylation is 1. The molecule has 1 saturated heterocycles. The van der Waals surface area contributed by atoms with Gasteiger partial charge in [0, 0.05) is 0 Å². The Bertz CT molecular complexity index is 1820. The number of rotatable bonds is 18. The normalized spacial score (nSPS) is 19.5. The predicted molar refractivity (Wildman–Crippen MR) is 177 cm³/mol. The van der Waals surface area contributed by atoms with Gasteiger partial charge in [-0.15, -0.1) is 5.10 Å². The van der Waals surface area contributed by atoms with Crippen molar-refractivity contribution in [2.24, 2.45) is 0 Å². The SMILES string of the molecule is CCCCCCCCCCCCc1cn(-c2nc(N)c3ncn([C@H]4O[C@@H](COS(=O)(=O)NC(=O)c5ccccc5O)[C@H](O)[C@@H]4O)c3n2)nn1. The third-order valence-electron chi connectivity index (χ3n) is 8.33. The summed E-state index contributed by atoms with van der Waals surface area (Å²) in [7, 11) is -4.69. The summed E-state index contributed by atoms with van der Waals surface area (Å²) in [6.45, 7) is 1.47. The monoisotopic (exact) mass is 701 g/mol. The van der Waals surface area contributed by atoms with Crippen molar-refractivity contribution in [3.05, 3.63) is 48.0 Å². The lowest BCUT2D eigenvalue weighted by molar-refractivity contribution is -0.0468. The number of amides is 1. The van der Waals surface area contributed by atoms with Crippen molar-refractivity contribution < 1.29 is 37.5 Å². The lowest BCUT2D eigenvalue weighted by Crippen LogP contribution is -2.37. The van der Waals surface area contributed by atoms with Gasteiger partial charge in [-0.2, -0.15) is 23.1 Å². The number of nitrogens with two attached hydrogens (primary N) is 1. The molecule has 4 atom stereocenters. The number of hydrogen-bond acceptors (Lipinski definition) is 14. The van der Waals surface area contributed by atoms with Gasteiger partial charge in [0.25, 0.3) is 11.9 Å². The fourth-order valence-corrected chi connectivity index (χ4v) is 6.35. The van der Waals surface area contributed by atoms with E-state index in [0.29, 0.717) is 0 Å². The smallest absolute Gasteiger partial charge is 0.362 e. The number of aromatic nitrogens is 7. The third kappa shape index (κ3) is 9.07. The standard InChI is InChI=1S/C31H43N9O8S/c1-2-3-4-5-6-7-8-9-10-11-14-20-17-40(38-36-20)31-34-27(32)24-28(35-31)39(19-33-24)30-26(43)25(42)23(48-30)18-47-49(45,46)37-29(44)21-15-12-13-16-22(21)41/h12-13,15-17,19,23,25-26,30,41-43H,2-11,14,18H2,1H3,(H,37,44)(H2,32,34,35)/t23-,25-,26-,30-/m0/s1. The molecular formula is C31H43N9O8S. The maximum atomic E-state index is 12.4. The number of nitrogens with one attached hydrogen (secondary N) is 1. The van der Waals surface area contributed by atoms with E-state index in [9.17, 15) is 28.5 Å². The number of nitrogen functional groups attached to an aromatic ring is 1. The molecule has 4 heterocycles. The number of benzene rings is 1. The summed E-state index contributed by atoms with van der Waals surface area (Å²) < 4.78 is 39.9. The quantitative estimate of drug-likeness (QED) is 0.0937. The predicted octanol–water partition coefficient (Wildman–Crippen LogP) is 2.47. The highest BCUT2D eigenvalue weighted by Crippen LogP contribution is 2.33. The maximum absolute atomic E-state index is 12.4. The second-order valence-electron chi connectivity index (χ2n) is 12.1. The number of aliphatic hydroxyl groups excluding tert-OH is 2. The van der Waals surface area contributed by atoms with Gasteiger partial charge in [0.15, 0.2) is 17.7 Å². The van der Waals surface area contributed by atoms with E-state index in [1.807, 2.05) is 0 Å². The van der Waals surface area contributed by atoms with Crippen LogP contribution in [-0.2, 0) is 25.6 Å². The van der Waals surface area contributed by atoms with Gasteiger partial charge in [-0.25, -0.2) is 9.71 Å². The van der Waals surface area contributed by atoms with Gasteiger partial charge >= 0.3 is 10.3 Å². The zero-order valence-corrected chi connectivity index (χ0v) is 28.1. The van der Waals surface area contributed by atoms with Gasteiger partial charge in [0.1, 0.15) is 29.6 Å². The van der Waals surface area contributed by atoms with Crippen molar-refractivity contribution in [1.29, 1.82) is 0 Å². The van der Waals surface area contributed by atoms with Gasteiger partial charge < -0.3 is 25.8 Å². The van der Waals surface area contributed by atoms with Crippen molar-refractivity contribution in [3.63, 3.8) is 0 Å². The fourth-order valence-electron chi connectivity index (χ4n) is 5.64. The molecule has 3 aromatic heterocycles. The molecule has 1 aromatic carbocycles. The van der Waals surface area contributed by atoms with Crippen LogP contribution in [0.3, 0.4) is 0 Å². The lowest BCUT2D eigenvalue weighted by atomic mass is 10.1. The second-order valence-corrected chi connectivity index (χ2v) is 13.4. The molecule has 266 valence electrons. The summed E-state index contributed by atoms with van der Waals surface area (Å²) in [6, 6.07) is 5.35. The number of fused-ring (bicyclic) bond motifs is 1. The Morgan fingerprint density at radius 1 is 1.02 bits per heavy atom. The Balaban J connectivity index is 1.18. The van der Waals surface area contributed by atoms with Crippen molar-refractivity contribution in [2.75, 3.05) is 12.3 Å². The number of carbonyl (C=O) groups excluding carboxylic acids is 1. The molecule has 0 radical (unpaired) electrons. The first-order valence-electron chi connectivity index (χ1n) is 16.5. The summed E-state index contributed by atoms with van der Waals surface area (Å²) in [5.74, 6) is -1.41. The molecule has 49 heavy (non-hydrogen) atoms. The summed E-state index contributed by atoms with van der Waals surface area (Å²) in [5, 5.41) is 39.7. The minimum Gasteiger partial charge on any atom is -0.507 e. The first kappa shape index (κ1) is 36.1. The van der Waals surface area contributed by atoms with E-state index in [4.69, 9.17) is 14.7 Å². The molecular weight excluding hydrogens is 658 g/mol. The van der Waals surface area contributed by atoms with Crippen molar-refractivity contribution in [1.82, 2.24) is 39.2 Å². The number of nitrogens with zero attached hydrogens (tertiary/aromatic N) is 7. The first-order valence-corrected chi connectivity index (χ1v) is 17.9. The number of imidazole rings is 1. The van der Waals surface area contributed by atoms with Gasteiger partial charge in [0.05, 0.1) is 30.4 Å². The molecule has 0 spiro atoms. The second kappa shape index (κ2) is 16.4. The molecule has 0 unspecified atom stereocenters. The minimum atomic E-state index is -4.69. The van der Waals surface area contributed by atoms with Gasteiger partial charge in [-0.3, -0.25) is 13.5 Å². The summed E-state index contributed by atoms with van der Waals surface area (Å²) >= 11 is 0. The molecule has 0 saturated carbocycles. The molecule has 0 aliphatic carbocycles. The molecule has 1 aliphatic heterocycles. The Hall–Kier alpha value is -4.23. The van der Waals surface area contributed by atoms with Crippen LogP contribution in [0.5, 0.6) is 5.75 Å². The lowest BCUT2D eigenvalue weighted by Gasteiger charge is -2.16. The average Bonchev–Trinajstić information content (AvgIpc) is 3.79. The molecule has 0 bridgehead atoms. The van der Waals surface area contributed by atoms with Crippen molar-refractivity contribution in [3.8, 4) is 11.7 Å². The number of para-hydroxylation sites is 1. The van der Waals surface area contributed by atoms with Crippen LogP contribution >= 0.6 is 0 Å². The first-order chi connectivity index (χ1) is 23.6. The van der Waals surface area contributed by atoms with Crippen LogP contribution in [0.2, 0.25) is 0 Å². The van der Waals surface area contributed by atoms with Gasteiger partial charge in [0.2, 0.25) is 0 Å². The number of phenolic OH excluding ortho intramolecular Hbond substituents is 1. The molecule has 1 fully saturated rings. The fraction of sp³-hybridized carbons (Fsp3) is 0.548. The number of ether oxygens (including phenoxy) is 1. The van der Waals surface area contributed by atoms with Gasteiger partial charge in [-0.1, -0.05) is 82.1 Å². The minimum absolute atomic E-state index is 0.0321. The largest absolute Gasteiger partial charge is 0.507 e. The summed E-state index contributed by atoms with van der Waals surface area (Å²) in [4.78, 5) is 25.4. The number of phenols is 1. The highest BCUT2D eigenvalue weighted by Gasteiger charge is 2.45. The van der Waals surface area contributed by atoms with Crippen LogP contribution in [-0.4, -0.2) is 89.1 Å². The Morgan fingerprint density at radius 3 is 2.43 bits per heavy atom. The topological polar surface area (TPSA) is 243 Å². The Kier molecular flexibility index (Phi) is 12.1. The molecule has 1 aliphatic rings. The number of anilines is 1. The molecule has 5 rings (SSSR count). The van der Waals surface area contributed by atoms with E-state index >= 15 is 0 Å². The van der Waals surface area contributed by atoms with E-state index in [1.54, 1.807) is 10.9 Å². The van der Waals surface area contributed by atoms with Crippen LogP contribution < -0.4 is 10.5 Å². The van der Waals surface area contributed by atoms with E-state index < -0.39 is 53.1 Å². The van der Waals surface area contributed by atoms with Crippen molar-refractivity contribution >= 4 is 33.2 Å². The number of aliphatic hydroxyl groups is 2. The van der Waals surface area contributed by atoms with Crippen LogP contribution in [0.4, 0.5) is 5.82 Å². The zero-order valence-electron chi connectivity index (χ0n) is 27.3. The molecule has 17 nitrogen and oxygen atoms in total. The number of unbranched alkanes of at least 4 members (excludes halogenated alkanes) is 9. The third-order valence-corrected chi connectivity index (χ3v) is 9.22. The Labute approximate surface area is 283 Å². The van der Waals surface area contributed by atoms with E-state index in [-0.39, 0.29) is 28.5 Å². The molecule has 18 heteroatoms. The summed E-state index contributed by atoms with van der Waals surface area (Å²) in [5.41, 5.74) is 7.04. The van der Waals surface area contributed by atoms with E-state index in [1.165, 1.54) is 91.2 Å². The highest BCUT2D eigenvalue weighted by molar-refractivity contribution is 7.85. The Morgan fingerprint density at radius 2 is 1.71 bits per heavy atom. The van der Waals surface area contributed by atoms with Crippen LogP contribution in [0.1, 0.15) is 93.4 Å². The van der Waals surface area contributed by atoms with Gasteiger partial charge in [-0.05, 0) is 25.0 Å². The highest BCUT2D eigenvalue weighted by atomic mass is 32.2. The van der Waals surface area contributed by atoms with Crippen LogP contribution in [0, 0.1) is 0 Å². The average molecular weight is 702 g/mol. The van der Waals surface area contributed by atoms with Crippen molar-refractivity contribution in [2.45, 2.75) is 102 Å².